The molecule has 0 bridgehead atoms. The molecule has 0 aromatic heterocycles. The van der Waals surface area contributed by atoms with E-state index in [1.807, 2.05) is 6.92 Å². The summed E-state index contributed by atoms with van der Waals surface area (Å²) in [5.74, 6) is 0.553. The fourth-order valence-corrected chi connectivity index (χ4v) is 2.87. The number of hydrogen-bond acceptors (Lipinski definition) is 2. The van der Waals surface area contributed by atoms with Crippen molar-refractivity contribution in [1.82, 2.24) is 5.32 Å². The van der Waals surface area contributed by atoms with E-state index in [9.17, 15) is 4.79 Å². The van der Waals surface area contributed by atoms with Gasteiger partial charge >= 0.3 is 0 Å². The van der Waals surface area contributed by atoms with Crippen LogP contribution < -0.4 is 11.1 Å². The first-order chi connectivity index (χ1) is 9.47. The predicted octanol–water partition coefficient (Wildman–Crippen LogP) is 3.25. The van der Waals surface area contributed by atoms with Crippen molar-refractivity contribution in [2.45, 2.75) is 58.5 Å². The van der Waals surface area contributed by atoms with Gasteiger partial charge in [-0.05, 0) is 48.8 Å². The largest absolute Gasteiger partial charge is 0.349 e. The van der Waals surface area contributed by atoms with Crippen LogP contribution in [0.4, 0.5) is 0 Å². The van der Waals surface area contributed by atoms with Crippen molar-refractivity contribution in [3.05, 3.63) is 34.9 Å². The highest BCUT2D eigenvalue weighted by atomic mass is 16.1. The molecule has 3 nitrogen and oxygen atoms in total. The number of carbonyl (C=O) groups is 1. The molecule has 110 valence electrons. The van der Waals surface area contributed by atoms with Gasteiger partial charge in [-0.2, -0.15) is 0 Å². The van der Waals surface area contributed by atoms with Crippen LogP contribution in [-0.4, -0.2) is 5.91 Å². The fourth-order valence-electron chi connectivity index (χ4n) is 2.87. The summed E-state index contributed by atoms with van der Waals surface area (Å²) < 4.78 is 0. The number of nitrogens with two attached hydrogens (primary N) is 1. The van der Waals surface area contributed by atoms with Gasteiger partial charge in [-0.15, -0.1) is 0 Å². The third kappa shape index (κ3) is 3.60. The second kappa shape index (κ2) is 6.40. The molecule has 1 amide bonds. The van der Waals surface area contributed by atoms with Gasteiger partial charge in [-0.3, -0.25) is 4.79 Å². The predicted molar refractivity (Wildman–Crippen MR) is 82.3 cm³/mol. The van der Waals surface area contributed by atoms with Crippen LogP contribution in [0.5, 0.6) is 0 Å². The van der Waals surface area contributed by atoms with E-state index in [0.717, 1.165) is 24.8 Å². The average molecular weight is 274 g/mol. The minimum Gasteiger partial charge on any atom is -0.349 e. The Kier molecular flexibility index (Phi) is 4.81. The Morgan fingerprint density at radius 2 is 2.15 bits per heavy atom. The van der Waals surface area contributed by atoms with Crippen LogP contribution in [0.1, 0.15) is 68.8 Å². The van der Waals surface area contributed by atoms with Crippen molar-refractivity contribution in [3.63, 3.8) is 0 Å². The average Bonchev–Trinajstić information content (AvgIpc) is 2.37. The minimum atomic E-state index is 0.0363. The molecule has 2 unspecified atom stereocenters. The van der Waals surface area contributed by atoms with E-state index in [1.54, 1.807) is 0 Å². The molecule has 3 heteroatoms. The molecule has 1 aliphatic carbocycles. The molecule has 20 heavy (non-hydrogen) atoms. The highest BCUT2D eigenvalue weighted by Crippen LogP contribution is 2.31. The number of aryl methyl sites for hydroxylation is 1. The number of rotatable bonds is 4. The number of carbonyl (C=O) groups excluding carboxylic acids is 1. The third-order valence-electron chi connectivity index (χ3n) is 3.94. The second-order valence-corrected chi connectivity index (χ2v) is 6.36. The van der Waals surface area contributed by atoms with Crippen molar-refractivity contribution < 1.29 is 4.79 Å². The van der Waals surface area contributed by atoms with E-state index in [2.05, 4.69) is 37.4 Å². The van der Waals surface area contributed by atoms with Gasteiger partial charge in [-0.25, -0.2) is 0 Å². The first-order valence-electron chi connectivity index (χ1n) is 7.65. The Labute approximate surface area is 121 Å². The molecule has 1 aromatic carbocycles. The van der Waals surface area contributed by atoms with Gasteiger partial charge < -0.3 is 11.1 Å². The summed E-state index contributed by atoms with van der Waals surface area (Å²) in [6.45, 7) is 6.14. The van der Waals surface area contributed by atoms with Gasteiger partial charge in [0.25, 0.3) is 0 Å². The smallest absolute Gasteiger partial charge is 0.220 e. The Balaban J connectivity index is 2.18. The summed E-state index contributed by atoms with van der Waals surface area (Å²) in [7, 11) is 0. The molecule has 0 heterocycles. The molecule has 0 spiro atoms. The fraction of sp³-hybridized carbons (Fsp3) is 0.588. The van der Waals surface area contributed by atoms with Crippen LogP contribution in [0.15, 0.2) is 18.2 Å². The first-order valence-corrected chi connectivity index (χ1v) is 7.65. The van der Waals surface area contributed by atoms with Gasteiger partial charge in [0.15, 0.2) is 0 Å². The van der Waals surface area contributed by atoms with Crippen LogP contribution in [0.25, 0.3) is 0 Å². The van der Waals surface area contributed by atoms with E-state index in [1.165, 1.54) is 11.1 Å². The van der Waals surface area contributed by atoms with Crippen molar-refractivity contribution in [1.29, 1.82) is 0 Å². The summed E-state index contributed by atoms with van der Waals surface area (Å²) in [6.07, 6.45) is 3.86. The van der Waals surface area contributed by atoms with E-state index in [4.69, 9.17) is 5.73 Å². The monoisotopic (exact) mass is 274 g/mol. The highest BCUT2D eigenvalue weighted by molar-refractivity contribution is 5.76. The molecular weight excluding hydrogens is 248 g/mol. The molecule has 3 N–H and O–H groups in total. The SMILES string of the molecule is CC(C)CC(=O)NC1CCCc2ccc(C(C)N)cc21. The maximum atomic E-state index is 12.0. The highest BCUT2D eigenvalue weighted by Gasteiger charge is 2.22. The van der Waals surface area contributed by atoms with Crippen LogP contribution in [0.2, 0.25) is 0 Å². The topological polar surface area (TPSA) is 55.1 Å². The normalized spacial score (nSPS) is 19.6. The molecule has 0 saturated carbocycles. The standard InChI is InChI=1S/C17H26N2O/c1-11(2)9-17(20)19-16-6-4-5-13-7-8-14(12(3)18)10-15(13)16/h7-8,10-12,16H,4-6,9,18H2,1-3H3,(H,19,20). The lowest BCUT2D eigenvalue weighted by atomic mass is 9.85. The lowest BCUT2D eigenvalue weighted by Gasteiger charge is -2.28. The van der Waals surface area contributed by atoms with E-state index in [0.29, 0.717) is 12.3 Å². The van der Waals surface area contributed by atoms with Gasteiger partial charge in [-0.1, -0.05) is 32.0 Å². The molecule has 0 saturated heterocycles. The summed E-state index contributed by atoms with van der Waals surface area (Å²) >= 11 is 0. The Morgan fingerprint density at radius 1 is 1.40 bits per heavy atom. The summed E-state index contributed by atoms with van der Waals surface area (Å²) in [4.78, 5) is 12.0. The van der Waals surface area contributed by atoms with E-state index < -0.39 is 0 Å². The van der Waals surface area contributed by atoms with Gasteiger partial charge in [0, 0.05) is 12.5 Å². The van der Waals surface area contributed by atoms with Crippen molar-refractivity contribution in [2.75, 3.05) is 0 Å². The number of nitrogens with one attached hydrogen (secondary N) is 1. The van der Waals surface area contributed by atoms with Crippen LogP contribution in [0, 0.1) is 5.92 Å². The maximum Gasteiger partial charge on any atom is 0.220 e. The molecular formula is C17H26N2O. The molecule has 0 fully saturated rings. The number of benzene rings is 1. The lowest BCUT2D eigenvalue weighted by molar-refractivity contribution is -0.122. The molecule has 0 aliphatic heterocycles. The van der Waals surface area contributed by atoms with E-state index in [-0.39, 0.29) is 18.0 Å². The minimum absolute atomic E-state index is 0.0363. The van der Waals surface area contributed by atoms with Gasteiger partial charge in [0.2, 0.25) is 5.91 Å². The molecule has 0 radical (unpaired) electrons. The molecule has 1 aliphatic rings. The first kappa shape index (κ1) is 15.0. The van der Waals surface area contributed by atoms with Gasteiger partial charge in [0.05, 0.1) is 6.04 Å². The molecule has 2 rings (SSSR count). The quantitative estimate of drug-likeness (QED) is 0.885. The zero-order valence-electron chi connectivity index (χ0n) is 12.8. The van der Waals surface area contributed by atoms with Crippen molar-refractivity contribution in [2.24, 2.45) is 11.7 Å². The summed E-state index contributed by atoms with van der Waals surface area (Å²) in [5.41, 5.74) is 9.74. The number of hydrogen-bond donors (Lipinski definition) is 2. The summed E-state index contributed by atoms with van der Waals surface area (Å²) in [5, 5.41) is 3.19. The maximum absolute atomic E-state index is 12.0. The van der Waals surface area contributed by atoms with E-state index >= 15 is 0 Å². The Bertz CT molecular complexity index is 480. The van der Waals surface area contributed by atoms with Crippen molar-refractivity contribution in [3.8, 4) is 0 Å². The van der Waals surface area contributed by atoms with Gasteiger partial charge in [0.1, 0.15) is 0 Å². The zero-order chi connectivity index (χ0) is 14.7. The summed E-state index contributed by atoms with van der Waals surface area (Å²) in [6, 6.07) is 6.66. The lowest BCUT2D eigenvalue weighted by Crippen LogP contribution is -2.31. The second-order valence-electron chi connectivity index (χ2n) is 6.36. The van der Waals surface area contributed by atoms with Crippen LogP contribution >= 0.6 is 0 Å². The van der Waals surface area contributed by atoms with Crippen LogP contribution in [-0.2, 0) is 11.2 Å². The Hall–Kier alpha value is -1.35. The van der Waals surface area contributed by atoms with Crippen LogP contribution in [0.3, 0.4) is 0 Å². The number of amides is 1. The van der Waals surface area contributed by atoms with Crippen molar-refractivity contribution >= 4 is 5.91 Å². The number of fused-ring (bicyclic) bond motifs is 1. The Morgan fingerprint density at radius 3 is 2.80 bits per heavy atom. The third-order valence-corrected chi connectivity index (χ3v) is 3.94. The zero-order valence-corrected chi connectivity index (χ0v) is 12.8. The molecule has 1 aromatic rings. The molecule has 2 atom stereocenters.